The highest BCUT2D eigenvalue weighted by molar-refractivity contribution is 5.61. The van der Waals surface area contributed by atoms with Gasteiger partial charge in [-0.2, -0.15) is 5.26 Å². The number of likely N-dealkylation sites (N-methyl/N-ethyl adjacent to an activating group) is 1. The zero-order valence-electron chi connectivity index (χ0n) is 16.9. The number of nitriles is 1. The minimum Gasteiger partial charge on any atom is -0.504 e. The number of benzene rings is 2. The summed E-state index contributed by atoms with van der Waals surface area (Å²) >= 11 is 0. The molecule has 2 aromatic rings. The average molecular weight is 400 g/mol. The highest BCUT2D eigenvalue weighted by Gasteiger charge is 2.64. The second-order valence-corrected chi connectivity index (χ2v) is 9.02. The van der Waals surface area contributed by atoms with E-state index in [-0.39, 0.29) is 23.4 Å². The van der Waals surface area contributed by atoms with E-state index in [1.54, 1.807) is 6.07 Å². The second kappa shape index (κ2) is 6.34. The largest absolute Gasteiger partial charge is 0.504 e. The average Bonchev–Trinajstić information content (AvgIpc) is 3.13. The van der Waals surface area contributed by atoms with Crippen LogP contribution >= 0.6 is 0 Å². The lowest BCUT2D eigenvalue weighted by atomic mass is 9.53. The normalized spacial score (nSPS) is 32.9. The van der Waals surface area contributed by atoms with Crippen LogP contribution in [0.5, 0.6) is 11.5 Å². The lowest BCUT2D eigenvalue weighted by molar-refractivity contribution is -0.0754. The van der Waals surface area contributed by atoms with Gasteiger partial charge in [-0.05, 0) is 55.8 Å². The van der Waals surface area contributed by atoms with Crippen molar-refractivity contribution in [2.75, 3.05) is 13.6 Å². The molecule has 30 heavy (non-hydrogen) atoms. The van der Waals surface area contributed by atoms with Gasteiger partial charge in [0.2, 0.25) is 0 Å². The molecule has 6 rings (SSSR count). The number of hydrogen-bond donors (Lipinski definition) is 1. The van der Waals surface area contributed by atoms with Crippen LogP contribution in [0, 0.1) is 17.2 Å². The summed E-state index contributed by atoms with van der Waals surface area (Å²) in [6.07, 6.45) is 6.18. The van der Waals surface area contributed by atoms with Gasteiger partial charge in [0.15, 0.2) is 11.5 Å². The first kappa shape index (κ1) is 18.0. The number of nitrogens with zero attached hydrogens (tertiary/aromatic N) is 2. The predicted octanol–water partition coefficient (Wildman–Crippen LogP) is 3.29. The molecule has 2 aliphatic heterocycles. The van der Waals surface area contributed by atoms with Crippen molar-refractivity contribution in [1.82, 2.24) is 4.90 Å². The molecule has 2 bridgehead atoms. The summed E-state index contributed by atoms with van der Waals surface area (Å²) in [5.41, 5.74) is 4.07. The van der Waals surface area contributed by atoms with Crippen LogP contribution in [0.15, 0.2) is 48.6 Å². The summed E-state index contributed by atoms with van der Waals surface area (Å²) in [7, 11) is 2.22. The molecule has 0 saturated carbocycles. The lowest BCUT2D eigenvalue weighted by Gasteiger charge is -2.56. The SMILES string of the molecule is CN1CC[C@]23c4c5ccc(O)c4O[C@H]2[C@@H](OCc2ccc(C#N)cc2)C=C[C@H]3[C@H]1C5. The molecule has 2 aromatic carbocycles. The van der Waals surface area contributed by atoms with Crippen molar-refractivity contribution in [2.24, 2.45) is 5.92 Å². The van der Waals surface area contributed by atoms with Gasteiger partial charge in [0.05, 0.1) is 18.2 Å². The fourth-order valence-corrected chi connectivity index (χ4v) is 6.23. The maximum absolute atomic E-state index is 10.6. The zero-order valence-corrected chi connectivity index (χ0v) is 16.9. The van der Waals surface area contributed by atoms with Crippen molar-refractivity contribution in [3.63, 3.8) is 0 Å². The summed E-state index contributed by atoms with van der Waals surface area (Å²) < 4.78 is 12.9. The molecule has 2 heterocycles. The Morgan fingerprint density at radius 1 is 1.23 bits per heavy atom. The number of aromatic hydroxyl groups is 1. The van der Waals surface area contributed by atoms with Gasteiger partial charge in [-0.25, -0.2) is 0 Å². The van der Waals surface area contributed by atoms with E-state index in [0.717, 1.165) is 24.9 Å². The molecule has 4 aliphatic rings. The highest BCUT2D eigenvalue weighted by Crippen LogP contribution is 2.62. The third-order valence-electron chi connectivity index (χ3n) is 7.66. The quantitative estimate of drug-likeness (QED) is 0.801. The molecule has 5 nitrogen and oxygen atoms in total. The Hall–Kier alpha value is -2.81. The van der Waals surface area contributed by atoms with Crippen LogP contribution in [0.3, 0.4) is 0 Å². The van der Waals surface area contributed by atoms with Crippen molar-refractivity contribution in [2.45, 2.75) is 43.1 Å². The topological polar surface area (TPSA) is 65.7 Å². The zero-order chi connectivity index (χ0) is 20.5. The first-order valence-corrected chi connectivity index (χ1v) is 10.6. The Balaban J connectivity index is 1.37. The van der Waals surface area contributed by atoms with E-state index >= 15 is 0 Å². The van der Waals surface area contributed by atoms with Gasteiger partial charge >= 0.3 is 0 Å². The standard InChI is InChI=1S/C25H24N2O3/c1-27-11-10-25-18-7-9-21(29-14-16-4-2-15(13-26)3-5-16)24(25)30-23-20(28)8-6-17(22(23)25)12-19(18)27/h2-9,18-19,21,24,28H,10-12,14H2,1H3/t18-,19+,21-,24-,25-/m0/s1. The van der Waals surface area contributed by atoms with E-state index in [2.05, 4.69) is 36.2 Å². The van der Waals surface area contributed by atoms with Gasteiger partial charge in [-0.15, -0.1) is 0 Å². The molecule has 0 unspecified atom stereocenters. The second-order valence-electron chi connectivity index (χ2n) is 9.02. The van der Waals surface area contributed by atoms with Crippen LogP contribution in [0.25, 0.3) is 0 Å². The van der Waals surface area contributed by atoms with Crippen molar-refractivity contribution in [1.29, 1.82) is 5.26 Å². The molecule has 1 spiro atoms. The molecule has 1 fully saturated rings. The number of ether oxygens (including phenoxy) is 2. The molecule has 1 N–H and O–H groups in total. The summed E-state index contributed by atoms with van der Waals surface area (Å²) in [4.78, 5) is 2.48. The van der Waals surface area contributed by atoms with Gasteiger partial charge in [0.1, 0.15) is 12.2 Å². The first-order valence-electron chi connectivity index (χ1n) is 10.6. The van der Waals surface area contributed by atoms with Crippen molar-refractivity contribution >= 4 is 0 Å². The minimum absolute atomic E-state index is 0.135. The Morgan fingerprint density at radius 3 is 2.87 bits per heavy atom. The molecule has 0 aromatic heterocycles. The molecule has 5 heteroatoms. The van der Waals surface area contributed by atoms with Crippen molar-refractivity contribution in [3.05, 3.63) is 70.8 Å². The number of hydrogen-bond acceptors (Lipinski definition) is 5. The molecule has 0 amide bonds. The Kier molecular flexibility index (Phi) is 3.80. The van der Waals surface area contributed by atoms with E-state index in [1.165, 1.54) is 11.1 Å². The number of piperidine rings is 1. The predicted molar refractivity (Wildman–Crippen MR) is 111 cm³/mol. The minimum atomic E-state index is -0.182. The van der Waals surface area contributed by atoms with Crippen molar-refractivity contribution < 1.29 is 14.6 Å². The van der Waals surface area contributed by atoms with E-state index in [0.29, 0.717) is 29.9 Å². The number of rotatable bonds is 3. The van der Waals surface area contributed by atoms with Gasteiger partial charge in [-0.3, -0.25) is 0 Å². The number of likely N-dealkylation sites (tertiary alicyclic amines) is 1. The Morgan fingerprint density at radius 2 is 2.07 bits per heavy atom. The van der Waals surface area contributed by atoms with Crippen LogP contribution in [0.4, 0.5) is 0 Å². The van der Waals surface area contributed by atoms with Gasteiger partial charge in [0, 0.05) is 22.9 Å². The van der Waals surface area contributed by atoms with Crippen LogP contribution in [-0.2, 0) is 23.2 Å². The molecular formula is C25H24N2O3. The van der Waals surface area contributed by atoms with Crippen LogP contribution < -0.4 is 4.74 Å². The Labute approximate surface area is 176 Å². The summed E-state index contributed by atoms with van der Waals surface area (Å²) in [5.74, 6) is 1.27. The molecule has 1 saturated heterocycles. The van der Waals surface area contributed by atoms with E-state index in [1.807, 2.05) is 24.3 Å². The van der Waals surface area contributed by atoms with Crippen molar-refractivity contribution in [3.8, 4) is 17.6 Å². The highest BCUT2D eigenvalue weighted by atomic mass is 16.5. The van der Waals surface area contributed by atoms with Crippen LogP contribution in [0.2, 0.25) is 0 Å². The molecule has 152 valence electrons. The summed E-state index contributed by atoms with van der Waals surface area (Å²) in [6, 6.07) is 14.0. The van der Waals surface area contributed by atoms with E-state index in [4.69, 9.17) is 14.7 Å². The van der Waals surface area contributed by atoms with Crippen LogP contribution in [0.1, 0.15) is 28.7 Å². The fourth-order valence-electron chi connectivity index (χ4n) is 6.23. The molecule has 0 radical (unpaired) electrons. The maximum atomic E-state index is 10.6. The monoisotopic (exact) mass is 400 g/mol. The molecule has 2 aliphatic carbocycles. The number of phenols is 1. The van der Waals surface area contributed by atoms with Gasteiger partial charge < -0.3 is 19.5 Å². The first-order chi connectivity index (χ1) is 14.6. The number of phenolic OH excluding ortho intramolecular Hbond substituents is 1. The summed E-state index contributed by atoms with van der Waals surface area (Å²) in [5, 5.41) is 19.6. The van der Waals surface area contributed by atoms with E-state index < -0.39 is 0 Å². The Bertz CT molecular complexity index is 1090. The van der Waals surface area contributed by atoms with Gasteiger partial charge in [0.25, 0.3) is 0 Å². The third-order valence-corrected chi connectivity index (χ3v) is 7.66. The molecule has 5 atom stereocenters. The lowest BCUT2D eigenvalue weighted by Crippen LogP contribution is -2.65. The summed E-state index contributed by atoms with van der Waals surface area (Å²) in [6.45, 7) is 1.48. The molecular weight excluding hydrogens is 376 g/mol. The van der Waals surface area contributed by atoms with Crippen LogP contribution in [-0.4, -0.2) is 41.8 Å². The van der Waals surface area contributed by atoms with Gasteiger partial charge in [-0.1, -0.05) is 30.4 Å². The third kappa shape index (κ3) is 2.29. The van der Waals surface area contributed by atoms with E-state index in [9.17, 15) is 5.11 Å². The fraction of sp³-hybridized carbons (Fsp3) is 0.400. The smallest absolute Gasteiger partial charge is 0.165 e. The maximum Gasteiger partial charge on any atom is 0.165 e.